The lowest BCUT2D eigenvalue weighted by atomic mass is 10.0. The molecule has 0 amide bonds. The Hall–Kier alpha value is -1.50. The molecule has 0 aliphatic rings. The van der Waals surface area contributed by atoms with Gasteiger partial charge in [-0.3, -0.25) is 9.59 Å². The van der Waals surface area contributed by atoms with E-state index in [1.54, 1.807) is 6.92 Å². The third kappa shape index (κ3) is 19.3. The van der Waals surface area contributed by atoms with E-state index in [1.807, 2.05) is 0 Å². The van der Waals surface area contributed by atoms with Crippen molar-refractivity contribution in [3.05, 3.63) is 0 Å². The summed E-state index contributed by atoms with van der Waals surface area (Å²) in [4.78, 5) is 23.0. The van der Waals surface area contributed by atoms with E-state index in [4.69, 9.17) is 15.9 Å². The molecule has 0 spiro atoms. The highest BCUT2D eigenvalue weighted by atomic mass is 16.5. The van der Waals surface area contributed by atoms with Crippen LogP contribution in [0.3, 0.4) is 0 Å². The van der Waals surface area contributed by atoms with Crippen molar-refractivity contribution in [2.24, 2.45) is 0 Å². The zero-order valence-electron chi connectivity index (χ0n) is 18.3. The van der Waals surface area contributed by atoms with Crippen LogP contribution in [0.2, 0.25) is 0 Å². The summed E-state index contributed by atoms with van der Waals surface area (Å²) in [5.74, 6) is 1.72. The number of hydrogen-bond acceptors (Lipinski definition) is 4. The van der Waals surface area contributed by atoms with E-state index in [9.17, 15) is 9.59 Å². The van der Waals surface area contributed by atoms with Crippen LogP contribution in [0.5, 0.6) is 0 Å². The Morgan fingerprint density at radius 3 is 1.71 bits per heavy atom. The molecule has 0 aliphatic carbocycles. The van der Waals surface area contributed by atoms with E-state index in [2.05, 4.69) is 12.8 Å². The number of carbonyl (C=O) groups excluding carboxylic acids is 2. The average Bonchev–Trinajstić information content (AvgIpc) is 2.68. The van der Waals surface area contributed by atoms with Gasteiger partial charge in [0, 0.05) is 12.8 Å². The molecule has 1 atom stereocenters. The molecule has 28 heavy (non-hydrogen) atoms. The summed E-state index contributed by atoms with van der Waals surface area (Å²) in [6, 6.07) is 0. The van der Waals surface area contributed by atoms with Crippen molar-refractivity contribution in [2.75, 3.05) is 6.61 Å². The van der Waals surface area contributed by atoms with Gasteiger partial charge in [0.05, 0.1) is 6.61 Å². The fourth-order valence-electron chi connectivity index (χ4n) is 3.05. The highest BCUT2D eigenvalue weighted by Gasteiger charge is 2.09. The summed E-state index contributed by atoms with van der Waals surface area (Å²) in [7, 11) is 0. The van der Waals surface area contributed by atoms with Gasteiger partial charge in [-0.2, -0.15) is 0 Å². The predicted octanol–water partition coefficient (Wildman–Crippen LogP) is 6.36. The molecule has 0 aromatic heterocycles. The summed E-state index contributed by atoms with van der Waals surface area (Å²) in [5.41, 5.74) is 0. The second-order valence-electron chi connectivity index (χ2n) is 7.62. The Labute approximate surface area is 173 Å². The summed E-state index contributed by atoms with van der Waals surface area (Å²) < 4.78 is 10.1. The molecule has 0 bridgehead atoms. The number of unbranched alkanes of at least 4 members (excludes halogenated alkanes) is 12. The maximum atomic E-state index is 11.6. The molecule has 0 aromatic carbocycles. The minimum Gasteiger partial charge on any atom is -0.466 e. The van der Waals surface area contributed by atoms with Gasteiger partial charge in [-0.05, 0) is 19.8 Å². The van der Waals surface area contributed by atoms with Crippen molar-refractivity contribution in [1.29, 1.82) is 0 Å². The molecule has 4 heteroatoms. The molecule has 0 heterocycles. The molecule has 0 saturated carbocycles. The maximum absolute atomic E-state index is 11.6. The lowest BCUT2D eigenvalue weighted by Gasteiger charge is -2.07. The lowest BCUT2D eigenvalue weighted by molar-refractivity contribution is -0.146. The highest BCUT2D eigenvalue weighted by molar-refractivity contribution is 5.72. The Bertz CT molecular complexity index is 425. The van der Waals surface area contributed by atoms with Crippen LogP contribution in [0.1, 0.15) is 117 Å². The van der Waals surface area contributed by atoms with Crippen molar-refractivity contribution in [3.63, 3.8) is 0 Å². The normalized spacial score (nSPS) is 11.6. The largest absolute Gasteiger partial charge is 0.466 e. The van der Waals surface area contributed by atoms with Crippen LogP contribution in [0.25, 0.3) is 0 Å². The van der Waals surface area contributed by atoms with Crippen LogP contribution in [0, 0.1) is 12.3 Å². The molecule has 0 N–H and O–H groups in total. The van der Waals surface area contributed by atoms with Gasteiger partial charge in [0.15, 0.2) is 6.10 Å². The van der Waals surface area contributed by atoms with Crippen molar-refractivity contribution >= 4 is 11.9 Å². The van der Waals surface area contributed by atoms with Gasteiger partial charge < -0.3 is 9.47 Å². The zero-order valence-corrected chi connectivity index (χ0v) is 18.3. The van der Waals surface area contributed by atoms with Crippen LogP contribution >= 0.6 is 0 Å². The molecule has 0 radical (unpaired) electrons. The fraction of sp³-hybridized carbons (Fsp3) is 0.833. The first kappa shape index (κ1) is 26.5. The summed E-state index contributed by atoms with van der Waals surface area (Å²) >= 11 is 0. The van der Waals surface area contributed by atoms with E-state index in [0.717, 1.165) is 12.8 Å². The summed E-state index contributed by atoms with van der Waals surface area (Å²) in [5, 5.41) is 0. The number of rotatable bonds is 19. The first-order chi connectivity index (χ1) is 13.6. The van der Waals surface area contributed by atoms with E-state index >= 15 is 0 Å². The second-order valence-corrected chi connectivity index (χ2v) is 7.62. The lowest BCUT2D eigenvalue weighted by Crippen LogP contribution is -2.13. The van der Waals surface area contributed by atoms with Gasteiger partial charge in [0.2, 0.25) is 0 Å². The van der Waals surface area contributed by atoms with Crippen LogP contribution in [0.4, 0.5) is 0 Å². The van der Waals surface area contributed by atoms with Crippen molar-refractivity contribution in [1.82, 2.24) is 0 Å². The first-order valence-corrected chi connectivity index (χ1v) is 11.4. The Morgan fingerprint density at radius 1 is 0.750 bits per heavy atom. The van der Waals surface area contributed by atoms with Crippen molar-refractivity contribution in [2.45, 2.75) is 123 Å². The molecule has 4 nitrogen and oxygen atoms in total. The van der Waals surface area contributed by atoms with Crippen LogP contribution in [0.15, 0.2) is 0 Å². The van der Waals surface area contributed by atoms with Crippen LogP contribution < -0.4 is 0 Å². The number of esters is 2. The maximum Gasteiger partial charge on any atom is 0.307 e. The second kappa shape index (κ2) is 20.2. The summed E-state index contributed by atoms with van der Waals surface area (Å²) in [6.07, 6.45) is 22.4. The topological polar surface area (TPSA) is 52.6 Å². The van der Waals surface area contributed by atoms with Gasteiger partial charge in [-0.25, -0.2) is 0 Å². The predicted molar refractivity (Wildman–Crippen MR) is 115 cm³/mol. The minimum absolute atomic E-state index is 0.194. The molecule has 0 aromatic rings. The third-order valence-corrected chi connectivity index (χ3v) is 4.82. The number of ether oxygens (including phenoxy) is 2. The van der Waals surface area contributed by atoms with Gasteiger partial charge in [0.1, 0.15) is 0 Å². The van der Waals surface area contributed by atoms with E-state index in [0.29, 0.717) is 13.0 Å². The Kier molecular flexibility index (Phi) is 19.2. The minimum atomic E-state index is -0.519. The Balaban J connectivity index is 3.28. The number of carbonyl (C=O) groups is 2. The molecule has 0 saturated heterocycles. The van der Waals surface area contributed by atoms with Crippen LogP contribution in [-0.4, -0.2) is 24.6 Å². The van der Waals surface area contributed by atoms with Gasteiger partial charge >= 0.3 is 11.9 Å². The van der Waals surface area contributed by atoms with Gasteiger partial charge in [-0.1, -0.05) is 89.9 Å². The highest BCUT2D eigenvalue weighted by Crippen LogP contribution is 2.12. The molecule has 1 unspecified atom stereocenters. The third-order valence-electron chi connectivity index (χ3n) is 4.82. The fourth-order valence-corrected chi connectivity index (χ4v) is 3.05. The molecule has 0 aliphatic heterocycles. The molecular formula is C24H42O4. The Morgan fingerprint density at radius 2 is 1.21 bits per heavy atom. The smallest absolute Gasteiger partial charge is 0.307 e. The monoisotopic (exact) mass is 394 g/mol. The first-order valence-electron chi connectivity index (χ1n) is 11.4. The molecule has 0 fully saturated rings. The van der Waals surface area contributed by atoms with Gasteiger partial charge in [-0.15, -0.1) is 6.42 Å². The van der Waals surface area contributed by atoms with Crippen molar-refractivity contribution in [3.8, 4) is 12.3 Å². The number of terminal acetylenes is 1. The van der Waals surface area contributed by atoms with E-state index in [1.165, 1.54) is 70.6 Å². The molecular weight excluding hydrogens is 352 g/mol. The SMILES string of the molecule is C#CC(C)OC(=O)CCCC(=O)OCCCCCCCCCCCCCCC. The van der Waals surface area contributed by atoms with E-state index in [-0.39, 0.29) is 24.8 Å². The van der Waals surface area contributed by atoms with E-state index < -0.39 is 6.10 Å². The standard InChI is InChI=1S/C24H42O4/c1-4-6-7-8-9-10-11-12-13-14-15-16-17-21-27-23(25)19-18-20-24(26)28-22(3)5-2/h2,22H,4,6-21H2,1,3H3. The molecule has 162 valence electrons. The average molecular weight is 395 g/mol. The molecule has 0 rings (SSSR count). The zero-order chi connectivity index (χ0) is 20.9. The van der Waals surface area contributed by atoms with Gasteiger partial charge in [0.25, 0.3) is 0 Å². The van der Waals surface area contributed by atoms with Crippen molar-refractivity contribution < 1.29 is 19.1 Å². The number of hydrogen-bond donors (Lipinski definition) is 0. The van der Waals surface area contributed by atoms with Crippen LogP contribution in [-0.2, 0) is 19.1 Å². The summed E-state index contributed by atoms with van der Waals surface area (Å²) in [6.45, 7) is 4.38. The quantitative estimate of drug-likeness (QED) is 0.145.